The van der Waals surface area contributed by atoms with E-state index >= 15 is 0 Å². The summed E-state index contributed by atoms with van der Waals surface area (Å²) >= 11 is 2.24. The topological polar surface area (TPSA) is 0 Å². The van der Waals surface area contributed by atoms with Crippen LogP contribution in [0.1, 0.15) is 5.56 Å². The molecule has 82 valence electrons. The Morgan fingerprint density at radius 2 is 1.44 bits per heavy atom. The minimum Gasteiger partial charge on any atom is -0.206 e. The Morgan fingerprint density at radius 1 is 0.875 bits per heavy atom. The number of hydrogen-bond acceptors (Lipinski definition) is 0. The van der Waals surface area contributed by atoms with E-state index in [1.807, 2.05) is 12.1 Å². The second-order valence-corrected chi connectivity index (χ2v) is 4.19. The predicted molar refractivity (Wildman–Crippen MR) is 69.5 cm³/mol. The molecule has 0 aliphatic rings. The highest BCUT2D eigenvalue weighted by Gasteiger charge is 2.10. The second kappa shape index (κ2) is 4.91. The van der Waals surface area contributed by atoms with Gasteiger partial charge >= 0.3 is 0 Å². The fourth-order valence-electron chi connectivity index (χ4n) is 1.53. The quantitative estimate of drug-likeness (QED) is 0.559. The molecule has 0 amide bonds. The third-order valence-corrected chi connectivity index (χ3v) is 3.24. The maximum Gasteiger partial charge on any atom is 0.133 e. The van der Waals surface area contributed by atoms with Crippen LogP contribution < -0.4 is 0 Å². The lowest BCUT2D eigenvalue weighted by molar-refractivity contribution is 0.589. The molecule has 0 saturated carbocycles. The molecule has 0 radical (unpaired) electrons. The van der Waals surface area contributed by atoms with Gasteiger partial charge in [-0.3, -0.25) is 0 Å². The number of rotatable bonds is 2. The van der Waals surface area contributed by atoms with E-state index < -0.39 is 11.6 Å². The van der Waals surface area contributed by atoms with Crippen LogP contribution in [0.25, 0.3) is 11.1 Å². The monoisotopic (exact) mass is 330 g/mol. The summed E-state index contributed by atoms with van der Waals surface area (Å²) < 4.78 is 27.8. The van der Waals surface area contributed by atoms with Crippen LogP contribution in [0.3, 0.4) is 0 Å². The molecule has 0 fully saturated rings. The summed E-state index contributed by atoms with van der Waals surface area (Å²) in [5.41, 5.74) is 1.76. The first kappa shape index (κ1) is 11.5. The molecule has 2 aromatic rings. The van der Waals surface area contributed by atoms with Gasteiger partial charge in [0, 0.05) is 4.43 Å². The van der Waals surface area contributed by atoms with Crippen molar-refractivity contribution in [2.24, 2.45) is 0 Å². The molecular formula is C13H9F2I. The lowest BCUT2D eigenvalue weighted by Crippen LogP contribution is -1.89. The lowest BCUT2D eigenvalue weighted by Gasteiger charge is -2.05. The van der Waals surface area contributed by atoms with Gasteiger partial charge in [-0.05, 0) is 23.3 Å². The van der Waals surface area contributed by atoms with Crippen LogP contribution in [0, 0.1) is 11.6 Å². The van der Waals surface area contributed by atoms with Gasteiger partial charge in [-0.15, -0.1) is 0 Å². The molecule has 0 bridgehead atoms. The molecule has 0 spiro atoms. The SMILES string of the molecule is Fc1cccc(F)c1-c1ccc(CI)cc1. The van der Waals surface area contributed by atoms with Crippen molar-refractivity contribution in [3.05, 3.63) is 59.7 Å². The zero-order valence-electron chi connectivity index (χ0n) is 8.38. The Hall–Kier alpha value is -0.970. The Morgan fingerprint density at radius 3 is 1.94 bits per heavy atom. The minimum absolute atomic E-state index is 0.0440. The van der Waals surface area contributed by atoms with E-state index in [-0.39, 0.29) is 5.56 Å². The first-order valence-electron chi connectivity index (χ1n) is 4.81. The molecule has 0 aromatic heterocycles. The molecule has 0 atom stereocenters. The summed E-state index contributed by atoms with van der Waals surface area (Å²) in [6, 6.07) is 11.2. The van der Waals surface area contributed by atoms with Crippen molar-refractivity contribution in [3.8, 4) is 11.1 Å². The van der Waals surface area contributed by atoms with Gasteiger partial charge in [-0.2, -0.15) is 0 Å². The van der Waals surface area contributed by atoms with Crippen molar-refractivity contribution in [2.45, 2.75) is 4.43 Å². The summed E-state index contributed by atoms with van der Waals surface area (Å²) in [4.78, 5) is 0. The Labute approximate surface area is 106 Å². The van der Waals surface area contributed by atoms with Crippen molar-refractivity contribution >= 4 is 22.6 Å². The molecule has 0 heterocycles. The van der Waals surface area contributed by atoms with Crippen LogP contribution in [0.2, 0.25) is 0 Å². The van der Waals surface area contributed by atoms with Crippen molar-refractivity contribution in [1.82, 2.24) is 0 Å². The molecule has 2 rings (SSSR count). The van der Waals surface area contributed by atoms with E-state index in [4.69, 9.17) is 0 Å². The fourth-order valence-corrected chi connectivity index (χ4v) is 2.04. The number of benzene rings is 2. The van der Waals surface area contributed by atoms with Crippen LogP contribution in [0.5, 0.6) is 0 Å². The molecule has 0 aliphatic heterocycles. The first-order chi connectivity index (χ1) is 7.72. The van der Waals surface area contributed by atoms with Gasteiger partial charge < -0.3 is 0 Å². The summed E-state index contributed by atoms with van der Waals surface area (Å²) in [6.07, 6.45) is 0. The zero-order valence-corrected chi connectivity index (χ0v) is 10.5. The van der Waals surface area contributed by atoms with Gasteiger partial charge in [0.25, 0.3) is 0 Å². The molecule has 3 heteroatoms. The van der Waals surface area contributed by atoms with Gasteiger partial charge in [0.1, 0.15) is 11.6 Å². The smallest absolute Gasteiger partial charge is 0.133 e. The summed E-state index contributed by atoms with van der Waals surface area (Å²) in [6.45, 7) is 0. The maximum absolute atomic E-state index is 13.5. The largest absolute Gasteiger partial charge is 0.206 e. The highest BCUT2D eigenvalue weighted by atomic mass is 127. The molecule has 2 aromatic carbocycles. The van der Waals surface area contributed by atoms with Crippen LogP contribution in [0.4, 0.5) is 8.78 Å². The van der Waals surface area contributed by atoms with Gasteiger partial charge in [0.2, 0.25) is 0 Å². The van der Waals surface area contributed by atoms with Crippen molar-refractivity contribution in [1.29, 1.82) is 0 Å². The van der Waals surface area contributed by atoms with Crippen molar-refractivity contribution < 1.29 is 8.78 Å². The summed E-state index contributed by atoms with van der Waals surface area (Å²) in [7, 11) is 0. The standard InChI is InChI=1S/C13H9F2I/c14-11-2-1-3-12(15)13(11)10-6-4-9(8-16)5-7-10/h1-7H,8H2. The summed E-state index contributed by atoms with van der Waals surface area (Å²) in [5, 5.41) is 0. The van der Waals surface area contributed by atoms with Crippen molar-refractivity contribution in [2.75, 3.05) is 0 Å². The average Bonchev–Trinajstić information content (AvgIpc) is 2.30. The van der Waals surface area contributed by atoms with Crippen LogP contribution in [-0.2, 0) is 4.43 Å². The van der Waals surface area contributed by atoms with Crippen LogP contribution in [0.15, 0.2) is 42.5 Å². The van der Waals surface area contributed by atoms with E-state index in [2.05, 4.69) is 22.6 Å². The van der Waals surface area contributed by atoms with Gasteiger partial charge in [0.05, 0.1) is 5.56 Å². The third kappa shape index (κ3) is 2.24. The summed E-state index contributed by atoms with van der Waals surface area (Å²) in [5.74, 6) is -1.05. The minimum atomic E-state index is -0.526. The number of alkyl halides is 1. The van der Waals surface area contributed by atoms with Crippen LogP contribution in [-0.4, -0.2) is 0 Å². The number of hydrogen-bond donors (Lipinski definition) is 0. The Kier molecular flexibility index (Phi) is 3.53. The van der Waals surface area contributed by atoms with E-state index in [1.165, 1.54) is 18.2 Å². The molecule has 0 N–H and O–H groups in total. The van der Waals surface area contributed by atoms with Crippen LogP contribution >= 0.6 is 22.6 Å². The molecule has 0 unspecified atom stereocenters. The van der Waals surface area contributed by atoms with Gasteiger partial charge in [-0.25, -0.2) is 8.78 Å². The second-order valence-electron chi connectivity index (χ2n) is 3.43. The van der Waals surface area contributed by atoms with Gasteiger partial charge in [0.15, 0.2) is 0 Å². The molecule has 16 heavy (non-hydrogen) atoms. The highest BCUT2D eigenvalue weighted by Crippen LogP contribution is 2.26. The van der Waals surface area contributed by atoms with Crippen molar-refractivity contribution in [3.63, 3.8) is 0 Å². The normalized spacial score (nSPS) is 10.4. The molecular weight excluding hydrogens is 321 g/mol. The Bertz CT molecular complexity index is 472. The maximum atomic E-state index is 13.5. The number of halogens is 3. The predicted octanol–water partition coefficient (Wildman–Crippen LogP) is 4.57. The molecule has 0 nitrogen and oxygen atoms in total. The van der Waals surface area contributed by atoms with E-state index in [0.717, 1.165) is 9.99 Å². The fraction of sp³-hybridized carbons (Fsp3) is 0.0769. The lowest BCUT2D eigenvalue weighted by atomic mass is 10.0. The zero-order chi connectivity index (χ0) is 11.5. The Balaban J connectivity index is 2.50. The van der Waals surface area contributed by atoms with Gasteiger partial charge in [-0.1, -0.05) is 52.9 Å². The highest BCUT2D eigenvalue weighted by molar-refractivity contribution is 14.1. The first-order valence-corrected chi connectivity index (χ1v) is 6.34. The van der Waals surface area contributed by atoms with E-state index in [1.54, 1.807) is 12.1 Å². The van der Waals surface area contributed by atoms with E-state index in [0.29, 0.717) is 5.56 Å². The molecule has 0 aliphatic carbocycles. The third-order valence-electron chi connectivity index (χ3n) is 2.36. The van der Waals surface area contributed by atoms with E-state index in [9.17, 15) is 8.78 Å². The average molecular weight is 330 g/mol. The molecule has 0 saturated heterocycles.